The number of hydrogen-bond acceptors (Lipinski definition) is 3. The molecule has 0 bridgehead atoms. The van der Waals surface area contributed by atoms with Gasteiger partial charge in [-0.25, -0.2) is 0 Å². The maximum Gasteiger partial charge on any atom is 0.275 e. The topological polar surface area (TPSA) is 55.2 Å². The van der Waals surface area contributed by atoms with E-state index in [1.807, 2.05) is 6.07 Å². The molecule has 0 saturated carbocycles. The molecule has 0 aliphatic heterocycles. The first-order valence-electron chi connectivity index (χ1n) is 6.75. The number of nitro benzene ring substituents is 1. The molecule has 0 fully saturated rings. The minimum atomic E-state index is -0.399. The van der Waals surface area contributed by atoms with Crippen molar-refractivity contribution >= 4 is 17.3 Å². The monoisotopic (exact) mass is 304 g/mol. The van der Waals surface area contributed by atoms with Crippen LogP contribution in [-0.4, -0.2) is 11.5 Å². The standard InChI is InChI=1S/C16H17ClN2O2/c1-12-3-2-4-13(9-12)7-8-18-11-14-5-6-15(17)10-16(14)19(20)21/h2-6,9-10,18H,7-8,11H2,1H3. The second-order valence-electron chi connectivity index (χ2n) is 4.95. The van der Waals surface area contributed by atoms with E-state index in [1.165, 1.54) is 17.2 Å². The Balaban J connectivity index is 1.90. The number of halogens is 1. The molecule has 0 spiro atoms. The fourth-order valence-electron chi connectivity index (χ4n) is 2.18. The minimum Gasteiger partial charge on any atom is -0.312 e. The molecule has 0 unspecified atom stereocenters. The van der Waals surface area contributed by atoms with E-state index in [0.717, 1.165) is 13.0 Å². The zero-order valence-corrected chi connectivity index (χ0v) is 12.6. The number of nitrogens with zero attached hydrogens (tertiary/aromatic N) is 1. The minimum absolute atomic E-state index is 0.0607. The second-order valence-corrected chi connectivity index (χ2v) is 5.38. The normalized spacial score (nSPS) is 10.6. The summed E-state index contributed by atoms with van der Waals surface area (Å²) in [6.07, 6.45) is 0.892. The Morgan fingerprint density at radius 3 is 2.76 bits per heavy atom. The molecule has 110 valence electrons. The number of nitrogens with one attached hydrogen (secondary N) is 1. The van der Waals surface area contributed by atoms with Gasteiger partial charge in [-0.3, -0.25) is 10.1 Å². The maximum atomic E-state index is 11.0. The van der Waals surface area contributed by atoms with Crippen LogP contribution in [-0.2, 0) is 13.0 Å². The van der Waals surface area contributed by atoms with E-state index in [1.54, 1.807) is 12.1 Å². The van der Waals surface area contributed by atoms with Crippen molar-refractivity contribution in [2.75, 3.05) is 6.54 Å². The third kappa shape index (κ3) is 4.55. The molecule has 0 aromatic heterocycles. The SMILES string of the molecule is Cc1cccc(CCNCc2ccc(Cl)cc2[N+](=O)[O-])c1. The van der Waals surface area contributed by atoms with Crippen LogP contribution in [0.4, 0.5) is 5.69 Å². The van der Waals surface area contributed by atoms with Gasteiger partial charge < -0.3 is 5.32 Å². The third-order valence-corrected chi connectivity index (χ3v) is 3.47. The lowest BCUT2D eigenvalue weighted by Gasteiger charge is -2.07. The van der Waals surface area contributed by atoms with E-state index >= 15 is 0 Å². The summed E-state index contributed by atoms with van der Waals surface area (Å²) in [6, 6.07) is 13.1. The summed E-state index contributed by atoms with van der Waals surface area (Å²) >= 11 is 5.79. The second kappa shape index (κ2) is 7.20. The summed E-state index contributed by atoms with van der Waals surface area (Å²) in [5, 5.41) is 14.6. The average molecular weight is 305 g/mol. The fraction of sp³-hybridized carbons (Fsp3) is 0.250. The van der Waals surface area contributed by atoms with Crippen molar-refractivity contribution in [1.82, 2.24) is 5.32 Å². The number of nitro groups is 1. The predicted octanol–water partition coefficient (Wildman–Crippen LogP) is 3.89. The van der Waals surface area contributed by atoms with Crippen LogP contribution in [0.3, 0.4) is 0 Å². The van der Waals surface area contributed by atoms with E-state index in [9.17, 15) is 10.1 Å². The van der Waals surface area contributed by atoms with Crippen molar-refractivity contribution in [3.8, 4) is 0 Å². The van der Waals surface area contributed by atoms with E-state index in [0.29, 0.717) is 17.1 Å². The summed E-state index contributed by atoms with van der Waals surface area (Å²) in [5.74, 6) is 0. The smallest absolute Gasteiger partial charge is 0.275 e. The van der Waals surface area contributed by atoms with Gasteiger partial charge in [0.05, 0.1) is 4.92 Å². The number of hydrogen-bond donors (Lipinski definition) is 1. The molecule has 21 heavy (non-hydrogen) atoms. The van der Waals surface area contributed by atoms with Gasteiger partial charge in [-0.1, -0.05) is 41.4 Å². The van der Waals surface area contributed by atoms with Gasteiger partial charge in [0, 0.05) is 23.2 Å². The fourth-order valence-corrected chi connectivity index (χ4v) is 2.35. The van der Waals surface area contributed by atoms with Crippen LogP contribution in [0.1, 0.15) is 16.7 Å². The van der Waals surface area contributed by atoms with Gasteiger partial charge in [-0.15, -0.1) is 0 Å². The van der Waals surface area contributed by atoms with Crippen LogP contribution in [0.2, 0.25) is 5.02 Å². The molecular formula is C16H17ClN2O2. The van der Waals surface area contributed by atoms with Gasteiger partial charge >= 0.3 is 0 Å². The first kappa shape index (κ1) is 15.5. The Bertz CT molecular complexity index is 644. The molecule has 5 heteroatoms. The summed E-state index contributed by atoms with van der Waals surface area (Å²) in [5.41, 5.74) is 3.20. The van der Waals surface area contributed by atoms with Crippen molar-refractivity contribution in [2.24, 2.45) is 0 Å². The highest BCUT2D eigenvalue weighted by atomic mass is 35.5. The summed E-state index contributed by atoms with van der Waals surface area (Å²) < 4.78 is 0. The predicted molar refractivity (Wildman–Crippen MR) is 84.7 cm³/mol. The van der Waals surface area contributed by atoms with Gasteiger partial charge in [0.15, 0.2) is 0 Å². The molecule has 0 aliphatic carbocycles. The van der Waals surface area contributed by atoms with Gasteiger partial charge in [0.25, 0.3) is 5.69 Å². The number of rotatable bonds is 6. The Kier molecular flexibility index (Phi) is 5.31. The van der Waals surface area contributed by atoms with Crippen molar-refractivity contribution in [3.63, 3.8) is 0 Å². The molecule has 4 nitrogen and oxygen atoms in total. The van der Waals surface area contributed by atoms with Crippen molar-refractivity contribution in [2.45, 2.75) is 19.9 Å². The first-order valence-corrected chi connectivity index (χ1v) is 7.13. The van der Waals surface area contributed by atoms with E-state index in [4.69, 9.17) is 11.6 Å². The van der Waals surface area contributed by atoms with Crippen LogP contribution in [0.15, 0.2) is 42.5 Å². The Labute approximate surface area is 128 Å². The third-order valence-electron chi connectivity index (χ3n) is 3.23. The van der Waals surface area contributed by atoms with Crippen LogP contribution >= 0.6 is 11.6 Å². The molecule has 0 saturated heterocycles. The zero-order valence-electron chi connectivity index (χ0n) is 11.8. The lowest BCUT2D eigenvalue weighted by Crippen LogP contribution is -2.17. The summed E-state index contributed by atoms with van der Waals surface area (Å²) in [4.78, 5) is 10.6. The molecule has 0 radical (unpaired) electrons. The van der Waals surface area contributed by atoms with Crippen LogP contribution < -0.4 is 5.32 Å². The van der Waals surface area contributed by atoms with Crippen molar-refractivity contribution < 1.29 is 4.92 Å². The molecular weight excluding hydrogens is 288 g/mol. The molecule has 0 amide bonds. The van der Waals surface area contributed by atoms with E-state index in [-0.39, 0.29) is 5.69 Å². The van der Waals surface area contributed by atoms with Crippen LogP contribution in [0.5, 0.6) is 0 Å². The molecule has 1 N–H and O–H groups in total. The van der Waals surface area contributed by atoms with Gasteiger partial charge in [0.2, 0.25) is 0 Å². The van der Waals surface area contributed by atoms with E-state index < -0.39 is 4.92 Å². The highest BCUT2D eigenvalue weighted by Gasteiger charge is 2.13. The molecule has 0 heterocycles. The molecule has 2 aromatic rings. The summed E-state index contributed by atoms with van der Waals surface area (Å²) in [6.45, 7) is 3.29. The highest BCUT2D eigenvalue weighted by Crippen LogP contribution is 2.22. The largest absolute Gasteiger partial charge is 0.312 e. The molecule has 2 aromatic carbocycles. The first-order chi connectivity index (χ1) is 10.1. The van der Waals surface area contributed by atoms with Crippen LogP contribution in [0, 0.1) is 17.0 Å². The average Bonchev–Trinajstić information content (AvgIpc) is 2.44. The summed E-state index contributed by atoms with van der Waals surface area (Å²) in [7, 11) is 0. The van der Waals surface area contributed by atoms with Crippen molar-refractivity contribution in [3.05, 3.63) is 74.3 Å². The van der Waals surface area contributed by atoms with Gasteiger partial charge in [-0.2, -0.15) is 0 Å². The quantitative estimate of drug-likeness (QED) is 0.500. The van der Waals surface area contributed by atoms with Crippen molar-refractivity contribution in [1.29, 1.82) is 0 Å². The molecule has 0 atom stereocenters. The van der Waals surface area contributed by atoms with Gasteiger partial charge in [0.1, 0.15) is 0 Å². The maximum absolute atomic E-state index is 11.0. The van der Waals surface area contributed by atoms with E-state index in [2.05, 4.69) is 30.4 Å². The molecule has 2 rings (SSSR count). The lowest BCUT2D eigenvalue weighted by atomic mass is 10.1. The number of benzene rings is 2. The Hall–Kier alpha value is -1.91. The Morgan fingerprint density at radius 2 is 2.05 bits per heavy atom. The lowest BCUT2D eigenvalue weighted by molar-refractivity contribution is -0.385. The molecule has 0 aliphatic rings. The zero-order chi connectivity index (χ0) is 15.2. The van der Waals surface area contributed by atoms with Crippen LogP contribution in [0.25, 0.3) is 0 Å². The highest BCUT2D eigenvalue weighted by molar-refractivity contribution is 6.30. The van der Waals surface area contributed by atoms with Gasteiger partial charge in [-0.05, 0) is 37.6 Å². The number of aryl methyl sites for hydroxylation is 1. The Morgan fingerprint density at radius 1 is 1.24 bits per heavy atom.